The first-order valence-corrected chi connectivity index (χ1v) is 9.48. The Morgan fingerprint density at radius 3 is 2.60 bits per heavy atom. The fourth-order valence-corrected chi connectivity index (χ4v) is 4.29. The molecule has 0 atom stereocenters. The van der Waals surface area contributed by atoms with Crippen LogP contribution in [0, 0.1) is 0 Å². The second-order valence-corrected chi connectivity index (χ2v) is 7.76. The van der Waals surface area contributed by atoms with Gasteiger partial charge in [-0.05, 0) is 43.2 Å². The molecular formula is C17H19N3O4S. The zero-order valence-electron chi connectivity index (χ0n) is 13.6. The number of nitrogens with one attached hydrogen (secondary N) is 1. The number of carbonyl (C=O) groups excluding carboxylic acids is 1. The topological polar surface area (TPSA) is 99.6 Å². The minimum absolute atomic E-state index is 0.0248. The highest BCUT2D eigenvalue weighted by molar-refractivity contribution is 7.89. The molecule has 1 aliphatic rings. The summed E-state index contributed by atoms with van der Waals surface area (Å²) >= 11 is 0. The molecule has 2 heterocycles. The zero-order chi connectivity index (χ0) is 17.9. The summed E-state index contributed by atoms with van der Waals surface area (Å²) in [6, 6.07) is 8.82. The fraction of sp³-hybridized carbons (Fsp3) is 0.294. The van der Waals surface area contributed by atoms with Crippen molar-refractivity contribution < 1.29 is 18.3 Å². The molecule has 25 heavy (non-hydrogen) atoms. The molecule has 132 valence electrons. The van der Waals surface area contributed by atoms with Crippen LogP contribution in [0.5, 0.6) is 5.75 Å². The Kier molecular flexibility index (Phi) is 5.00. The van der Waals surface area contributed by atoms with Gasteiger partial charge in [0, 0.05) is 24.8 Å². The summed E-state index contributed by atoms with van der Waals surface area (Å²) < 4.78 is 26.9. The van der Waals surface area contributed by atoms with Gasteiger partial charge in [-0.2, -0.15) is 4.31 Å². The molecule has 1 aliphatic heterocycles. The van der Waals surface area contributed by atoms with Crippen LogP contribution in [0.25, 0.3) is 0 Å². The number of pyridine rings is 1. The summed E-state index contributed by atoms with van der Waals surface area (Å²) in [7, 11) is -3.61. The third kappa shape index (κ3) is 3.80. The second-order valence-electron chi connectivity index (χ2n) is 5.82. The van der Waals surface area contributed by atoms with Gasteiger partial charge in [0.05, 0.1) is 4.90 Å². The van der Waals surface area contributed by atoms with Gasteiger partial charge in [0.25, 0.3) is 5.91 Å². The van der Waals surface area contributed by atoms with Crippen molar-refractivity contribution in [3.8, 4) is 5.75 Å². The molecule has 0 saturated carbocycles. The number of sulfonamides is 1. The molecule has 2 N–H and O–H groups in total. The van der Waals surface area contributed by atoms with Crippen molar-refractivity contribution in [3.63, 3.8) is 0 Å². The Labute approximate surface area is 146 Å². The number of aromatic hydroxyl groups is 1. The van der Waals surface area contributed by atoms with E-state index in [1.165, 1.54) is 46.9 Å². The molecule has 0 radical (unpaired) electrons. The molecule has 2 aromatic rings. The standard InChI is InChI=1S/C17H19N3O4S/c21-15-8-5-9-18-16(15)19-17(22)13-6-4-7-14(12-13)25(23,24)20-10-2-1-3-11-20/h4-9,12,21H,1-3,10-11H2,(H,18,19,22). The number of aromatic nitrogens is 1. The number of hydrogen-bond acceptors (Lipinski definition) is 5. The minimum Gasteiger partial charge on any atom is -0.504 e. The number of anilines is 1. The molecular weight excluding hydrogens is 342 g/mol. The molecule has 7 nitrogen and oxygen atoms in total. The first kappa shape index (κ1) is 17.4. The van der Waals surface area contributed by atoms with Crippen molar-refractivity contribution in [2.24, 2.45) is 0 Å². The Morgan fingerprint density at radius 2 is 1.88 bits per heavy atom. The Balaban J connectivity index is 1.83. The van der Waals surface area contributed by atoms with E-state index in [0.717, 1.165) is 19.3 Å². The van der Waals surface area contributed by atoms with E-state index in [-0.39, 0.29) is 22.0 Å². The molecule has 1 saturated heterocycles. The summed E-state index contributed by atoms with van der Waals surface area (Å²) in [5.74, 6) is -0.672. The van der Waals surface area contributed by atoms with Crippen LogP contribution in [0.1, 0.15) is 29.6 Å². The molecule has 0 aliphatic carbocycles. The predicted octanol–water partition coefficient (Wildman–Crippen LogP) is 2.21. The number of piperidine rings is 1. The summed E-state index contributed by atoms with van der Waals surface area (Å²) in [5.41, 5.74) is 0.183. The lowest BCUT2D eigenvalue weighted by molar-refractivity contribution is 0.102. The maximum atomic E-state index is 12.7. The largest absolute Gasteiger partial charge is 0.504 e. The number of amides is 1. The fourth-order valence-electron chi connectivity index (χ4n) is 2.72. The number of carbonyl (C=O) groups is 1. The molecule has 0 spiro atoms. The molecule has 0 bridgehead atoms. The lowest BCUT2D eigenvalue weighted by Crippen LogP contribution is -2.35. The van der Waals surface area contributed by atoms with Gasteiger partial charge in [-0.15, -0.1) is 0 Å². The predicted molar refractivity (Wildman–Crippen MR) is 92.9 cm³/mol. The average molecular weight is 361 g/mol. The van der Waals surface area contributed by atoms with Gasteiger partial charge < -0.3 is 10.4 Å². The second kappa shape index (κ2) is 7.20. The van der Waals surface area contributed by atoms with E-state index >= 15 is 0 Å². The molecule has 0 unspecified atom stereocenters. The number of rotatable bonds is 4. The van der Waals surface area contributed by atoms with Crippen LogP contribution in [-0.4, -0.2) is 41.8 Å². The molecule has 8 heteroatoms. The van der Waals surface area contributed by atoms with Crippen molar-refractivity contribution in [1.29, 1.82) is 0 Å². The normalized spacial score (nSPS) is 15.7. The first-order chi connectivity index (χ1) is 12.0. The Hall–Kier alpha value is -2.45. The maximum Gasteiger partial charge on any atom is 0.256 e. The lowest BCUT2D eigenvalue weighted by Gasteiger charge is -2.26. The van der Waals surface area contributed by atoms with Crippen molar-refractivity contribution in [1.82, 2.24) is 9.29 Å². The maximum absolute atomic E-state index is 12.7. The Bertz CT molecular complexity index is 877. The molecule has 1 aromatic heterocycles. The van der Waals surface area contributed by atoms with Crippen LogP contribution in [0.15, 0.2) is 47.5 Å². The van der Waals surface area contributed by atoms with E-state index in [0.29, 0.717) is 13.1 Å². The van der Waals surface area contributed by atoms with Crippen molar-refractivity contribution in [2.75, 3.05) is 18.4 Å². The zero-order valence-corrected chi connectivity index (χ0v) is 14.4. The quantitative estimate of drug-likeness (QED) is 0.870. The molecule has 3 rings (SSSR count). The highest BCUT2D eigenvalue weighted by Gasteiger charge is 2.26. The molecule has 1 amide bonds. The molecule has 1 aromatic carbocycles. The van der Waals surface area contributed by atoms with Crippen LogP contribution in [0.4, 0.5) is 5.82 Å². The SMILES string of the molecule is O=C(Nc1ncccc1O)c1cccc(S(=O)(=O)N2CCCCC2)c1. The van der Waals surface area contributed by atoms with E-state index in [1.54, 1.807) is 0 Å². The van der Waals surface area contributed by atoms with Crippen LogP contribution in [-0.2, 0) is 10.0 Å². The van der Waals surface area contributed by atoms with Crippen molar-refractivity contribution >= 4 is 21.7 Å². The minimum atomic E-state index is -3.61. The van der Waals surface area contributed by atoms with Gasteiger partial charge in [0.1, 0.15) is 0 Å². The molecule has 1 fully saturated rings. The highest BCUT2D eigenvalue weighted by Crippen LogP contribution is 2.23. The van der Waals surface area contributed by atoms with Crippen LogP contribution in [0.3, 0.4) is 0 Å². The highest BCUT2D eigenvalue weighted by atomic mass is 32.2. The Morgan fingerprint density at radius 1 is 1.12 bits per heavy atom. The van der Waals surface area contributed by atoms with E-state index in [2.05, 4.69) is 10.3 Å². The van der Waals surface area contributed by atoms with E-state index < -0.39 is 15.9 Å². The van der Waals surface area contributed by atoms with Gasteiger partial charge in [-0.3, -0.25) is 4.79 Å². The van der Waals surface area contributed by atoms with Gasteiger partial charge in [0.2, 0.25) is 10.0 Å². The van der Waals surface area contributed by atoms with E-state index in [4.69, 9.17) is 0 Å². The lowest BCUT2D eigenvalue weighted by atomic mass is 10.2. The van der Waals surface area contributed by atoms with Crippen LogP contribution >= 0.6 is 0 Å². The summed E-state index contributed by atoms with van der Waals surface area (Å²) in [6.45, 7) is 1.00. The van der Waals surface area contributed by atoms with E-state index in [1.807, 2.05) is 0 Å². The van der Waals surface area contributed by atoms with Crippen LogP contribution in [0.2, 0.25) is 0 Å². The third-order valence-corrected chi connectivity index (χ3v) is 5.96. The monoisotopic (exact) mass is 361 g/mol. The van der Waals surface area contributed by atoms with Crippen molar-refractivity contribution in [3.05, 3.63) is 48.2 Å². The van der Waals surface area contributed by atoms with Gasteiger partial charge >= 0.3 is 0 Å². The summed E-state index contributed by atoms with van der Waals surface area (Å²) in [5, 5.41) is 12.2. The van der Waals surface area contributed by atoms with Gasteiger partial charge in [0.15, 0.2) is 11.6 Å². The van der Waals surface area contributed by atoms with E-state index in [9.17, 15) is 18.3 Å². The van der Waals surface area contributed by atoms with Gasteiger partial charge in [-0.25, -0.2) is 13.4 Å². The number of hydrogen-bond donors (Lipinski definition) is 2. The summed E-state index contributed by atoms with van der Waals surface area (Å²) in [6.07, 6.45) is 4.16. The van der Waals surface area contributed by atoms with Crippen molar-refractivity contribution in [2.45, 2.75) is 24.2 Å². The number of nitrogens with zero attached hydrogens (tertiary/aromatic N) is 2. The number of benzene rings is 1. The first-order valence-electron chi connectivity index (χ1n) is 8.04. The van der Waals surface area contributed by atoms with Gasteiger partial charge in [-0.1, -0.05) is 12.5 Å². The average Bonchev–Trinajstić information content (AvgIpc) is 2.64. The summed E-state index contributed by atoms with van der Waals surface area (Å²) in [4.78, 5) is 16.3. The van der Waals surface area contributed by atoms with Crippen LogP contribution < -0.4 is 5.32 Å². The smallest absolute Gasteiger partial charge is 0.256 e. The third-order valence-electron chi connectivity index (χ3n) is 4.07.